The van der Waals surface area contributed by atoms with E-state index in [4.69, 9.17) is 9.47 Å². The Labute approximate surface area is 144 Å². The highest BCUT2D eigenvalue weighted by molar-refractivity contribution is 7.99. The summed E-state index contributed by atoms with van der Waals surface area (Å²) in [4.78, 5) is 25.5. The molecule has 6 heteroatoms. The van der Waals surface area contributed by atoms with E-state index in [0.717, 1.165) is 4.90 Å². The summed E-state index contributed by atoms with van der Waals surface area (Å²) in [5, 5.41) is 2.85. The fourth-order valence-corrected chi connectivity index (χ4v) is 3.71. The van der Waals surface area contributed by atoms with Gasteiger partial charge in [0, 0.05) is 28.7 Å². The molecule has 0 aromatic heterocycles. The smallest absolute Gasteiger partial charge is 0.256 e. The van der Waals surface area contributed by atoms with Gasteiger partial charge in [0.05, 0.1) is 25.5 Å². The van der Waals surface area contributed by atoms with E-state index in [1.807, 2.05) is 0 Å². The number of benzene rings is 2. The van der Waals surface area contributed by atoms with Crippen LogP contribution in [0.2, 0.25) is 0 Å². The number of ether oxygens (including phenoxy) is 2. The van der Waals surface area contributed by atoms with Crippen molar-refractivity contribution in [3.05, 3.63) is 47.5 Å². The minimum atomic E-state index is -0.266. The summed E-state index contributed by atoms with van der Waals surface area (Å²) in [5.41, 5.74) is 1.68. The molecular weight excluding hydrogens is 326 g/mol. The Morgan fingerprint density at radius 3 is 2.75 bits per heavy atom. The van der Waals surface area contributed by atoms with Crippen LogP contribution in [-0.4, -0.2) is 31.7 Å². The number of nitrogens with one attached hydrogen (secondary N) is 1. The molecule has 0 unspecified atom stereocenters. The van der Waals surface area contributed by atoms with Gasteiger partial charge in [-0.2, -0.15) is 0 Å². The Morgan fingerprint density at radius 1 is 1.17 bits per heavy atom. The predicted octanol–water partition coefficient (Wildman–Crippen LogP) is 3.63. The first-order chi connectivity index (χ1) is 11.6. The van der Waals surface area contributed by atoms with E-state index in [1.54, 1.807) is 55.3 Å². The summed E-state index contributed by atoms with van der Waals surface area (Å²) >= 11 is 1.54. The van der Waals surface area contributed by atoms with Gasteiger partial charge in [0.25, 0.3) is 5.91 Å². The van der Waals surface area contributed by atoms with Crippen LogP contribution in [0.4, 0.5) is 5.69 Å². The third-order valence-electron chi connectivity index (χ3n) is 3.79. The Morgan fingerprint density at radius 2 is 2.00 bits per heavy atom. The number of thioether (sulfide) groups is 1. The molecule has 0 radical (unpaired) electrons. The fraction of sp³-hybridized carbons (Fsp3) is 0.222. The number of ketones is 1. The molecule has 1 aliphatic heterocycles. The first-order valence-corrected chi connectivity index (χ1v) is 8.45. The third kappa shape index (κ3) is 3.10. The van der Waals surface area contributed by atoms with E-state index in [-0.39, 0.29) is 11.7 Å². The number of hydrogen-bond acceptors (Lipinski definition) is 5. The van der Waals surface area contributed by atoms with Gasteiger partial charge in [-0.3, -0.25) is 9.59 Å². The van der Waals surface area contributed by atoms with Crippen LogP contribution in [0.1, 0.15) is 27.1 Å². The Balaban J connectivity index is 1.91. The van der Waals surface area contributed by atoms with Crippen molar-refractivity contribution in [3.8, 4) is 11.5 Å². The predicted molar refractivity (Wildman–Crippen MR) is 93.6 cm³/mol. The minimum Gasteiger partial charge on any atom is -0.497 e. The highest BCUT2D eigenvalue weighted by Gasteiger charge is 2.23. The van der Waals surface area contributed by atoms with E-state index in [9.17, 15) is 9.59 Å². The first-order valence-electron chi connectivity index (χ1n) is 7.46. The minimum absolute atomic E-state index is 0.0837. The molecule has 0 atom stereocenters. The molecule has 2 aromatic carbocycles. The van der Waals surface area contributed by atoms with Gasteiger partial charge in [-0.1, -0.05) is 12.1 Å². The SMILES string of the molecule is COc1ccc(NC(=O)c2cccc3c2SCCC3=O)c(OC)c1. The van der Waals surface area contributed by atoms with Gasteiger partial charge in [-0.25, -0.2) is 0 Å². The molecule has 124 valence electrons. The van der Waals surface area contributed by atoms with E-state index in [1.165, 1.54) is 7.11 Å². The number of carbonyl (C=O) groups is 2. The lowest BCUT2D eigenvalue weighted by Gasteiger charge is -2.18. The number of amides is 1. The summed E-state index contributed by atoms with van der Waals surface area (Å²) in [6, 6.07) is 10.4. The molecule has 0 aliphatic carbocycles. The molecule has 0 spiro atoms. The third-order valence-corrected chi connectivity index (χ3v) is 4.93. The van der Waals surface area contributed by atoms with Gasteiger partial charge in [-0.15, -0.1) is 11.8 Å². The highest BCUT2D eigenvalue weighted by Crippen LogP contribution is 2.34. The Bertz CT molecular complexity index is 804. The van der Waals surface area contributed by atoms with Crippen molar-refractivity contribution >= 4 is 29.1 Å². The van der Waals surface area contributed by atoms with E-state index in [2.05, 4.69) is 5.32 Å². The van der Waals surface area contributed by atoms with Crippen molar-refractivity contribution in [1.29, 1.82) is 0 Å². The number of hydrogen-bond donors (Lipinski definition) is 1. The maximum Gasteiger partial charge on any atom is 0.256 e. The fourth-order valence-electron chi connectivity index (χ4n) is 2.56. The lowest BCUT2D eigenvalue weighted by molar-refractivity contribution is 0.0984. The molecule has 0 saturated heterocycles. The van der Waals surface area contributed by atoms with Gasteiger partial charge >= 0.3 is 0 Å². The van der Waals surface area contributed by atoms with Crippen LogP contribution in [0.15, 0.2) is 41.3 Å². The van der Waals surface area contributed by atoms with Crippen molar-refractivity contribution in [3.63, 3.8) is 0 Å². The molecule has 2 aromatic rings. The van der Waals surface area contributed by atoms with Crippen LogP contribution in [0.3, 0.4) is 0 Å². The van der Waals surface area contributed by atoms with Gasteiger partial charge in [0.1, 0.15) is 11.5 Å². The molecule has 3 rings (SSSR count). The number of carbonyl (C=O) groups excluding carboxylic acids is 2. The zero-order valence-electron chi connectivity index (χ0n) is 13.4. The highest BCUT2D eigenvalue weighted by atomic mass is 32.2. The number of fused-ring (bicyclic) bond motifs is 1. The number of Topliss-reactive ketones (excluding diaryl/α,β-unsaturated/α-hetero) is 1. The zero-order valence-corrected chi connectivity index (χ0v) is 14.2. The molecule has 1 aliphatic rings. The van der Waals surface area contributed by atoms with Crippen molar-refractivity contribution in [2.24, 2.45) is 0 Å². The van der Waals surface area contributed by atoms with Crippen LogP contribution in [-0.2, 0) is 0 Å². The summed E-state index contributed by atoms with van der Waals surface area (Å²) in [7, 11) is 3.10. The molecule has 0 fully saturated rings. The Kier molecular flexibility index (Phi) is 4.76. The summed E-state index contributed by atoms with van der Waals surface area (Å²) < 4.78 is 10.5. The van der Waals surface area contributed by atoms with Gasteiger partial charge in [-0.05, 0) is 18.2 Å². The molecule has 1 amide bonds. The normalized spacial score (nSPS) is 13.2. The topological polar surface area (TPSA) is 64.6 Å². The lowest BCUT2D eigenvalue weighted by atomic mass is 10.0. The summed E-state index contributed by atoms with van der Waals surface area (Å²) in [5.74, 6) is 1.67. The molecular formula is C18H17NO4S. The monoisotopic (exact) mass is 343 g/mol. The quantitative estimate of drug-likeness (QED) is 0.918. The molecule has 0 saturated carbocycles. The number of anilines is 1. The van der Waals surface area contributed by atoms with Crippen LogP contribution < -0.4 is 14.8 Å². The van der Waals surface area contributed by atoms with Gasteiger partial charge in [0.2, 0.25) is 0 Å². The largest absolute Gasteiger partial charge is 0.497 e. The second kappa shape index (κ2) is 6.97. The summed E-state index contributed by atoms with van der Waals surface area (Å²) in [6.07, 6.45) is 0.509. The molecule has 5 nitrogen and oxygen atoms in total. The van der Waals surface area contributed by atoms with E-state index in [0.29, 0.717) is 40.5 Å². The Hall–Kier alpha value is -2.47. The molecule has 24 heavy (non-hydrogen) atoms. The van der Waals surface area contributed by atoms with Crippen LogP contribution >= 0.6 is 11.8 Å². The van der Waals surface area contributed by atoms with Gasteiger partial charge in [0.15, 0.2) is 5.78 Å². The maximum absolute atomic E-state index is 12.7. The second-order valence-electron chi connectivity index (χ2n) is 5.22. The van der Waals surface area contributed by atoms with E-state index >= 15 is 0 Å². The van der Waals surface area contributed by atoms with Gasteiger partial charge < -0.3 is 14.8 Å². The van der Waals surface area contributed by atoms with E-state index < -0.39 is 0 Å². The molecule has 0 bridgehead atoms. The van der Waals surface area contributed by atoms with Crippen molar-refractivity contribution in [2.75, 3.05) is 25.3 Å². The average molecular weight is 343 g/mol. The molecule has 1 heterocycles. The zero-order chi connectivity index (χ0) is 17.1. The van der Waals surface area contributed by atoms with Crippen LogP contribution in [0, 0.1) is 0 Å². The lowest BCUT2D eigenvalue weighted by Crippen LogP contribution is -2.17. The van der Waals surface area contributed by atoms with Crippen LogP contribution in [0.25, 0.3) is 0 Å². The first kappa shape index (κ1) is 16.4. The van der Waals surface area contributed by atoms with Crippen molar-refractivity contribution in [1.82, 2.24) is 0 Å². The van der Waals surface area contributed by atoms with Crippen LogP contribution in [0.5, 0.6) is 11.5 Å². The number of methoxy groups -OCH3 is 2. The summed E-state index contributed by atoms with van der Waals surface area (Å²) in [6.45, 7) is 0. The average Bonchev–Trinajstić information content (AvgIpc) is 2.62. The second-order valence-corrected chi connectivity index (χ2v) is 6.33. The number of rotatable bonds is 4. The van der Waals surface area contributed by atoms with Crippen molar-refractivity contribution in [2.45, 2.75) is 11.3 Å². The standard InChI is InChI=1S/C18H17NO4S/c1-22-11-6-7-14(16(10-11)23-2)19-18(21)13-5-3-4-12-15(20)8-9-24-17(12)13/h3-7,10H,8-9H2,1-2H3,(H,19,21). The molecule has 1 N–H and O–H groups in total. The maximum atomic E-state index is 12.7. The van der Waals surface area contributed by atoms with Crippen molar-refractivity contribution < 1.29 is 19.1 Å².